The molecule has 1 amide bonds. The lowest BCUT2D eigenvalue weighted by Gasteiger charge is -2.31. The van der Waals surface area contributed by atoms with E-state index in [0.29, 0.717) is 44.9 Å². The van der Waals surface area contributed by atoms with Gasteiger partial charge in [-0.2, -0.15) is 0 Å². The van der Waals surface area contributed by atoms with Gasteiger partial charge in [-0.15, -0.1) is 0 Å². The van der Waals surface area contributed by atoms with E-state index in [4.69, 9.17) is 4.74 Å². The maximum Gasteiger partial charge on any atom is 0.309 e. The zero-order valence-electron chi connectivity index (χ0n) is 14.2. The number of aryl methyl sites for hydroxylation is 1. The van der Waals surface area contributed by atoms with Gasteiger partial charge in [-0.1, -0.05) is 44.2 Å². The van der Waals surface area contributed by atoms with Crippen LogP contribution in [0.25, 0.3) is 0 Å². The number of amides is 1. The van der Waals surface area contributed by atoms with Crippen molar-refractivity contribution >= 4 is 11.9 Å². The molecule has 0 aliphatic carbocycles. The van der Waals surface area contributed by atoms with Gasteiger partial charge in [0.05, 0.1) is 12.5 Å². The Kier molecular flexibility index (Phi) is 6.63. The molecule has 126 valence electrons. The van der Waals surface area contributed by atoms with Crippen LogP contribution in [-0.4, -0.2) is 36.5 Å². The van der Waals surface area contributed by atoms with Gasteiger partial charge in [-0.05, 0) is 30.7 Å². The number of hydrogen-bond acceptors (Lipinski definition) is 3. The summed E-state index contributed by atoms with van der Waals surface area (Å²) < 4.78 is 5.30. The summed E-state index contributed by atoms with van der Waals surface area (Å²) in [5, 5.41) is 0. The summed E-state index contributed by atoms with van der Waals surface area (Å²) >= 11 is 0. The Hall–Kier alpha value is -1.84. The van der Waals surface area contributed by atoms with Gasteiger partial charge in [0, 0.05) is 19.5 Å². The van der Waals surface area contributed by atoms with E-state index in [9.17, 15) is 9.59 Å². The van der Waals surface area contributed by atoms with Gasteiger partial charge < -0.3 is 9.64 Å². The second-order valence-corrected chi connectivity index (χ2v) is 6.66. The summed E-state index contributed by atoms with van der Waals surface area (Å²) in [6.45, 7) is 5.86. The quantitative estimate of drug-likeness (QED) is 0.758. The number of ether oxygens (including phenoxy) is 1. The molecule has 0 radical (unpaired) electrons. The number of nitrogens with zero attached hydrogens (tertiary/aromatic N) is 1. The summed E-state index contributed by atoms with van der Waals surface area (Å²) in [6, 6.07) is 10.1. The minimum absolute atomic E-state index is 0.0491. The van der Waals surface area contributed by atoms with E-state index in [1.807, 2.05) is 49.1 Å². The molecule has 1 aliphatic rings. The van der Waals surface area contributed by atoms with E-state index in [2.05, 4.69) is 0 Å². The normalized spacial score (nSPS) is 15.7. The third-order valence-electron chi connectivity index (χ3n) is 4.21. The number of esters is 1. The zero-order valence-corrected chi connectivity index (χ0v) is 14.2. The van der Waals surface area contributed by atoms with Gasteiger partial charge in [-0.25, -0.2) is 0 Å². The molecule has 4 nitrogen and oxygen atoms in total. The highest BCUT2D eigenvalue weighted by atomic mass is 16.5. The lowest BCUT2D eigenvalue weighted by molar-refractivity contribution is -0.152. The number of rotatable bonds is 6. The van der Waals surface area contributed by atoms with Crippen molar-refractivity contribution in [3.63, 3.8) is 0 Å². The van der Waals surface area contributed by atoms with Crippen LogP contribution < -0.4 is 0 Å². The predicted octanol–water partition coefficient (Wildman–Crippen LogP) is 3.06. The largest absolute Gasteiger partial charge is 0.465 e. The van der Waals surface area contributed by atoms with E-state index in [1.165, 1.54) is 5.56 Å². The molecule has 0 spiro atoms. The first-order valence-corrected chi connectivity index (χ1v) is 8.54. The molecule has 1 fully saturated rings. The number of benzene rings is 1. The topological polar surface area (TPSA) is 46.6 Å². The van der Waals surface area contributed by atoms with Crippen molar-refractivity contribution in [2.75, 3.05) is 19.7 Å². The van der Waals surface area contributed by atoms with Crippen LogP contribution in [0.2, 0.25) is 0 Å². The van der Waals surface area contributed by atoms with E-state index in [-0.39, 0.29) is 17.8 Å². The average Bonchev–Trinajstić information content (AvgIpc) is 2.58. The maximum absolute atomic E-state index is 12.3. The Labute approximate surface area is 138 Å². The molecule has 1 saturated heterocycles. The second kappa shape index (κ2) is 8.70. The molecule has 0 atom stereocenters. The van der Waals surface area contributed by atoms with Gasteiger partial charge in [-0.3, -0.25) is 9.59 Å². The third-order valence-corrected chi connectivity index (χ3v) is 4.21. The number of hydrogen-bond donors (Lipinski definition) is 0. The molecule has 0 unspecified atom stereocenters. The van der Waals surface area contributed by atoms with Crippen molar-refractivity contribution in [1.82, 2.24) is 4.90 Å². The summed E-state index contributed by atoms with van der Waals surface area (Å²) in [7, 11) is 0. The Morgan fingerprint density at radius 1 is 1.17 bits per heavy atom. The first-order valence-electron chi connectivity index (χ1n) is 8.54. The average molecular weight is 317 g/mol. The number of piperidine rings is 1. The molecular formula is C19H27NO3. The lowest BCUT2D eigenvalue weighted by Crippen LogP contribution is -2.40. The van der Waals surface area contributed by atoms with E-state index in [0.717, 1.165) is 6.42 Å². The van der Waals surface area contributed by atoms with Crippen LogP contribution >= 0.6 is 0 Å². The van der Waals surface area contributed by atoms with Gasteiger partial charge in [0.15, 0.2) is 0 Å². The minimum atomic E-state index is -0.102. The summed E-state index contributed by atoms with van der Waals surface area (Å²) in [4.78, 5) is 26.1. The fraction of sp³-hybridized carbons (Fsp3) is 0.579. The Balaban J connectivity index is 1.71. The van der Waals surface area contributed by atoms with Crippen LogP contribution in [0.5, 0.6) is 0 Å². The molecule has 1 aliphatic heterocycles. The van der Waals surface area contributed by atoms with Crippen molar-refractivity contribution < 1.29 is 14.3 Å². The first-order chi connectivity index (χ1) is 11.1. The number of carbonyl (C=O) groups excluding carboxylic acids is 2. The highest BCUT2D eigenvalue weighted by Gasteiger charge is 2.28. The summed E-state index contributed by atoms with van der Waals surface area (Å²) in [5.74, 6) is 0.392. The lowest BCUT2D eigenvalue weighted by atomic mass is 9.96. The maximum atomic E-state index is 12.3. The second-order valence-electron chi connectivity index (χ2n) is 6.66. The molecule has 23 heavy (non-hydrogen) atoms. The van der Waals surface area contributed by atoms with Gasteiger partial charge in [0.1, 0.15) is 0 Å². The Bertz CT molecular complexity index is 505. The molecule has 1 aromatic rings. The van der Waals surface area contributed by atoms with Gasteiger partial charge in [0.25, 0.3) is 0 Å². The SMILES string of the molecule is CC(C)COC(=O)C1CCN(C(=O)CCc2ccccc2)CC1. The fourth-order valence-electron chi connectivity index (χ4n) is 2.79. The van der Waals surface area contributed by atoms with Crippen molar-refractivity contribution in [2.45, 2.75) is 39.5 Å². The Morgan fingerprint density at radius 3 is 2.43 bits per heavy atom. The third kappa shape index (κ3) is 5.70. The molecule has 0 aromatic heterocycles. The fourth-order valence-corrected chi connectivity index (χ4v) is 2.79. The zero-order chi connectivity index (χ0) is 16.7. The monoisotopic (exact) mass is 317 g/mol. The minimum Gasteiger partial charge on any atom is -0.465 e. The Morgan fingerprint density at radius 2 is 1.83 bits per heavy atom. The highest BCUT2D eigenvalue weighted by Crippen LogP contribution is 2.20. The predicted molar refractivity (Wildman–Crippen MR) is 89.9 cm³/mol. The summed E-state index contributed by atoms with van der Waals surface area (Å²) in [6.07, 6.45) is 2.74. The molecule has 0 saturated carbocycles. The van der Waals surface area contributed by atoms with Crippen LogP contribution in [0.3, 0.4) is 0 Å². The van der Waals surface area contributed by atoms with Gasteiger partial charge in [0.2, 0.25) is 5.91 Å². The van der Waals surface area contributed by atoms with Crippen LogP contribution in [0.4, 0.5) is 0 Å². The van der Waals surface area contributed by atoms with Crippen molar-refractivity contribution in [2.24, 2.45) is 11.8 Å². The van der Waals surface area contributed by atoms with Gasteiger partial charge >= 0.3 is 5.97 Å². The molecule has 2 rings (SSSR count). The molecule has 1 heterocycles. The molecule has 0 N–H and O–H groups in total. The summed E-state index contributed by atoms with van der Waals surface area (Å²) in [5.41, 5.74) is 1.19. The standard InChI is InChI=1S/C19H27NO3/c1-15(2)14-23-19(22)17-10-12-20(13-11-17)18(21)9-8-16-6-4-3-5-7-16/h3-7,15,17H,8-14H2,1-2H3. The van der Waals surface area contributed by atoms with Crippen LogP contribution in [-0.2, 0) is 20.7 Å². The molecule has 1 aromatic carbocycles. The van der Waals surface area contributed by atoms with Crippen molar-refractivity contribution in [3.8, 4) is 0 Å². The molecule has 0 bridgehead atoms. The van der Waals surface area contributed by atoms with E-state index >= 15 is 0 Å². The molecule has 4 heteroatoms. The van der Waals surface area contributed by atoms with Crippen LogP contribution in [0.1, 0.15) is 38.7 Å². The number of carbonyl (C=O) groups is 2. The smallest absolute Gasteiger partial charge is 0.309 e. The van der Waals surface area contributed by atoms with E-state index in [1.54, 1.807) is 0 Å². The highest BCUT2D eigenvalue weighted by molar-refractivity contribution is 5.77. The van der Waals surface area contributed by atoms with Crippen molar-refractivity contribution in [1.29, 1.82) is 0 Å². The van der Waals surface area contributed by atoms with Crippen molar-refractivity contribution in [3.05, 3.63) is 35.9 Å². The first kappa shape index (κ1) is 17.5. The number of likely N-dealkylation sites (tertiary alicyclic amines) is 1. The van der Waals surface area contributed by atoms with E-state index < -0.39 is 0 Å². The van der Waals surface area contributed by atoms with Crippen LogP contribution in [0.15, 0.2) is 30.3 Å². The molecular weight excluding hydrogens is 290 g/mol. The van der Waals surface area contributed by atoms with Crippen LogP contribution in [0, 0.1) is 11.8 Å².